The van der Waals surface area contributed by atoms with Crippen LogP contribution < -0.4 is 5.32 Å². The number of benzene rings is 1. The second kappa shape index (κ2) is 6.67. The van der Waals surface area contributed by atoms with Gasteiger partial charge in [-0.05, 0) is 56.0 Å². The number of hydrogen-bond acceptors (Lipinski definition) is 1. The van der Waals surface area contributed by atoms with Gasteiger partial charge in [-0.15, -0.1) is 0 Å². The Balaban J connectivity index is 2.12. The monoisotopic (exact) mass is 313 g/mol. The summed E-state index contributed by atoms with van der Waals surface area (Å²) in [6.45, 7) is 0. The molecule has 0 spiro atoms. The fraction of sp³-hybridized carbons (Fsp3) is 0.600. The van der Waals surface area contributed by atoms with Crippen molar-refractivity contribution in [2.24, 2.45) is 5.92 Å². The minimum atomic E-state index is -0.0719. The highest BCUT2D eigenvalue weighted by Crippen LogP contribution is 2.28. The van der Waals surface area contributed by atoms with Crippen LogP contribution in [0.4, 0.5) is 4.39 Å². The maximum atomic E-state index is 13.8. The van der Waals surface area contributed by atoms with Crippen LogP contribution >= 0.6 is 15.9 Å². The Labute approximate surface area is 117 Å². The molecule has 1 aromatic carbocycles. The third-order valence-electron chi connectivity index (χ3n) is 4.02. The fourth-order valence-corrected chi connectivity index (χ4v) is 3.40. The molecule has 0 amide bonds. The standard InChI is InChI=1S/C15H21BrFN/c1-18-15-6-4-2-3-5-11(15)9-12-10-13(16)7-8-14(12)17/h7-8,10-11,15,18H,2-6,9H2,1H3. The van der Waals surface area contributed by atoms with E-state index in [1.54, 1.807) is 12.1 Å². The number of rotatable bonds is 3. The van der Waals surface area contributed by atoms with E-state index >= 15 is 0 Å². The van der Waals surface area contributed by atoms with Gasteiger partial charge in [0.15, 0.2) is 0 Å². The van der Waals surface area contributed by atoms with Crippen molar-refractivity contribution in [3.63, 3.8) is 0 Å². The van der Waals surface area contributed by atoms with Crippen molar-refractivity contribution in [3.8, 4) is 0 Å². The molecule has 2 unspecified atom stereocenters. The molecule has 100 valence electrons. The van der Waals surface area contributed by atoms with E-state index in [4.69, 9.17) is 0 Å². The molecule has 0 aromatic heterocycles. The van der Waals surface area contributed by atoms with E-state index in [2.05, 4.69) is 21.2 Å². The third kappa shape index (κ3) is 3.55. The van der Waals surface area contributed by atoms with Gasteiger partial charge in [0, 0.05) is 10.5 Å². The number of nitrogens with one attached hydrogen (secondary N) is 1. The van der Waals surface area contributed by atoms with Crippen LogP contribution in [0.1, 0.15) is 37.7 Å². The lowest BCUT2D eigenvalue weighted by Crippen LogP contribution is -2.34. The van der Waals surface area contributed by atoms with Crippen molar-refractivity contribution in [2.45, 2.75) is 44.6 Å². The topological polar surface area (TPSA) is 12.0 Å². The zero-order chi connectivity index (χ0) is 13.0. The summed E-state index contributed by atoms with van der Waals surface area (Å²) in [6.07, 6.45) is 7.15. The molecular weight excluding hydrogens is 293 g/mol. The molecule has 1 nitrogen and oxygen atoms in total. The third-order valence-corrected chi connectivity index (χ3v) is 4.51. The van der Waals surface area contributed by atoms with Crippen molar-refractivity contribution in [1.82, 2.24) is 5.32 Å². The van der Waals surface area contributed by atoms with Crippen LogP contribution in [0.25, 0.3) is 0 Å². The Hall–Kier alpha value is -0.410. The molecule has 0 radical (unpaired) electrons. The summed E-state index contributed by atoms with van der Waals surface area (Å²) in [5.41, 5.74) is 0.844. The molecule has 0 aliphatic heterocycles. The summed E-state index contributed by atoms with van der Waals surface area (Å²) in [4.78, 5) is 0. The smallest absolute Gasteiger partial charge is 0.126 e. The van der Waals surface area contributed by atoms with Gasteiger partial charge in [-0.1, -0.05) is 35.2 Å². The fourth-order valence-electron chi connectivity index (χ4n) is 2.99. The molecule has 2 atom stereocenters. The molecule has 0 heterocycles. The second-order valence-electron chi connectivity index (χ2n) is 5.23. The van der Waals surface area contributed by atoms with Crippen LogP contribution in [-0.2, 0) is 6.42 Å². The van der Waals surface area contributed by atoms with E-state index in [1.165, 1.54) is 32.1 Å². The van der Waals surface area contributed by atoms with Crippen LogP contribution in [0.2, 0.25) is 0 Å². The summed E-state index contributed by atoms with van der Waals surface area (Å²) in [5, 5.41) is 3.41. The average Bonchev–Trinajstić information content (AvgIpc) is 2.59. The van der Waals surface area contributed by atoms with Gasteiger partial charge in [-0.2, -0.15) is 0 Å². The van der Waals surface area contributed by atoms with Crippen molar-refractivity contribution < 1.29 is 4.39 Å². The van der Waals surface area contributed by atoms with Gasteiger partial charge in [0.25, 0.3) is 0 Å². The highest BCUT2D eigenvalue weighted by molar-refractivity contribution is 9.10. The Morgan fingerprint density at radius 2 is 2.06 bits per heavy atom. The molecule has 1 N–H and O–H groups in total. The molecule has 1 saturated carbocycles. The van der Waals surface area contributed by atoms with E-state index in [1.807, 2.05) is 13.1 Å². The van der Waals surface area contributed by atoms with Crippen molar-refractivity contribution in [1.29, 1.82) is 0 Å². The first kappa shape index (κ1) is 14.0. The molecule has 1 aliphatic rings. The molecule has 1 fully saturated rings. The first-order valence-electron chi connectivity index (χ1n) is 6.82. The van der Waals surface area contributed by atoms with E-state index in [-0.39, 0.29) is 5.82 Å². The zero-order valence-electron chi connectivity index (χ0n) is 10.9. The van der Waals surface area contributed by atoms with E-state index in [0.29, 0.717) is 12.0 Å². The minimum Gasteiger partial charge on any atom is -0.317 e. The SMILES string of the molecule is CNC1CCCCCC1Cc1cc(Br)ccc1F. The lowest BCUT2D eigenvalue weighted by Gasteiger charge is -2.25. The Morgan fingerprint density at radius 1 is 1.28 bits per heavy atom. The van der Waals surface area contributed by atoms with Crippen LogP contribution in [0.15, 0.2) is 22.7 Å². The van der Waals surface area contributed by atoms with Gasteiger partial charge in [0.2, 0.25) is 0 Å². The van der Waals surface area contributed by atoms with Gasteiger partial charge >= 0.3 is 0 Å². The van der Waals surface area contributed by atoms with E-state index < -0.39 is 0 Å². The minimum absolute atomic E-state index is 0.0719. The number of hydrogen-bond donors (Lipinski definition) is 1. The van der Waals surface area contributed by atoms with Crippen LogP contribution in [0.3, 0.4) is 0 Å². The van der Waals surface area contributed by atoms with Gasteiger partial charge in [0.1, 0.15) is 5.82 Å². The van der Waals surface area contributed by atoms with Crippen molar-refractivity contribution in [3.05, 3.63) is 34.1 Å². The van der Waals surface area contributed by atoms with Crippen LogP contribution in [0, 0.1) is 11.7 Å². The first-order valence-corrected chi connectivity index (χ1v) is 7.61. The van der Waals surface area contributed by atoms with Gasteiger partial charge in [-0.25, -0.2) is 4.39 Å². The summed E-state index contributed by atoms with van der Waals surface area (Å²) in [7, 11) is 2.03. The van der Waals surface area contributed by atoms with Crippen molar-refractivity contribution >= 4 is 15.9 Å². The van der Waals surface area contributed by atoms with Gasteiger partial charge in [-0.3, -0.25) is 0 Å². The highest BCUT2D eigenvalue weighted by atomic mass is 79.9. The van der Waals surface area contributed by atoms with Crippen LogP contribution in [0.5, 0.6) is 0 Å². The molecule has 2 rings (SSSR count). The molecule has 1 aliphatic carbocycles. The molecular formula is C15H21BrFN. The Morgan fingerprint density at radius 3 is 2.83 bits per heavy atom. The summed E-state index contributed by atoms with van der Waals surface area (Å²) < 4.78 is 14.8. The molecule has 1 aromatic rings. The van der Waals surface area contributed by atoms with E-state index in [9.17, 15) is 4.39 Å². The largest absolute Gasteiger partial charge is 0.317 e. The van der Waals surface area contributed by atoms with Gasteiger partial charge < -0.3 is 5.32 Å². The zero-order valence-corrected chi connectivity index (χ0v) is 12.5. The predicted molar refractivity (Wildman–Crippen MR) is 77.2 cm³/mol. The maximum absolute atomic E-state index is 13.8. The lowest BCUT2D eigenvalue weighted by molar-refractivity contribution is 0.346. The van der Waals surface area contributed by atoms with Crippen LogP contribution in [-0.4, -0.2) is 13.1 Å². The first-order chi connectivity index (χ1) is 8.70. The number of halogens is 2. The molecule has 3 heteroatoms. The summed E-state index contributed by atoms with van der Waals surface area (Å²) in [5.74, 6) is 0.485. The average molecular weight is 314 g/mol. The Bertz CT molecular complexity index is 394. The van der Waals surface area contributed by atoms with Gasteiger partial charge in [0.05, 0.1) is 0 Å². The maximum Gasteiger partial charge on any atom is 0.126 e. The van der Waals surface area contributed by atoms with Crippen molar-refractivity contribution in [2.75, 3.05) is 7.05 Å². The van der Waals surface area contributed by atoms with E-state index in [0.717, 1.165) is 16.5 Å². The normalized spacial score (nSPS) is 24.8. The molecule has 0 saturated heterocycles. The molecule has 0 bridgehead atoms. The predicted octanol–water partition coefficient (Wildman–Crippen LogP) is 4.30. The summed E-state index contributed by atoms with van der Waals surface area (Å²) >= 11 is 3.43. The highest BCUT2D eigenvalue weighted by Gasteiger charge is 2.23. The second-order valence-corrected chi connectivity index (χ2v) is 6.15. The Kier molecular flexibility index (Phi) is 5.19. The lowest BCUT2D eigenvalue weighted by atomic mass is 9.88. The summed E-state index contributed by atoms with van der Waals surface area (Å²) in [6, 6.07) is 5.78. The molecule has 18 heavy (non-hydrogen) atoms. The quantitative estimate of drug-likeness (QED) is 0.820.